The molecular formula is C6H14ClN3. The summed E-state index contributed by atoms with van der Waals surface area (Å²) in [6.45, 7) is 0. The lowest BCUT2D eigenvalue weighted by Gasteiger charge is -1.97. The number of nitrogens with one attached hydrogen (secondary N) is 1. The molecule has 5 N–H and O–H groups in total. The highest BCUT2D eigenvalue weighted by Gasteiger charge is 2.14. The first kappa shape index (κ1) is 9.56. The summed E-state index contributed by atoms with van der Waals surface area (Å²) in [7, 11) is 0. The first-order valence-electron chi connectivity index (χ1n) is 3.43. The van der Waals surface area contributed by atoms with E-state index in [2.05, 4.69) is 4.99 Å². The molecule has 0 heterocycles. The van der Waals surface area contributed by atoms with Gasteiger partial charge >= 0.3 is 5.96 Å². The summed E-state index contributed by atoms with van der Waals surface area (Å²) in [5, 5.41) is 0. The van der Waals surface area contributed by atoms with Crippen molar-refractivity contribution in [3.63, 3.8) is 0 Å². The maximum absolute atomic E-state index is 5.26. The zero-order chi connectivity index (χ0) is 6.69. The Morgan fingerprint density at radius 3 is 2.10 bits per heavy atom. The van der Waals surface area contributed by atoms with Crippen molar-refractivity contribution in [3.8, 4) is 0 Å². The molecule has 0 atom stereocenters. The summed E-state index contributed by atoms with van der Waals surface area (Å²) in [6.07, 6.45) is 5.06. The number of hydrogen-bond donors (Lipinski definition) is 3. The Hall–Kier alpha value is -0.440. The fraction of sp³-hybridized carbons (Fsp3) is 0.833. The van der Waals surface area contributed by atoms with Crippen molar-refractivity contribution < 1.29 is 17.4 Å². The lowest BCUT2D eigenvalue weighted by atomic mass is 10.3. The van der Waals surface area contributed by atoms with E-state index in [1.807, 2.05) is 0 Å². The molecule has 1 saturated carbocycles. The topological polar surface area (TPSA) is 66.0 Å². The highest BCUT2D eigenvalue weighted by molar-refractivity contribution is 5.69. The third-order valence-corrected chi connectivity index (χ3v) is 1.73. The quantitative estimate of drug-likeness (QED) is 0.269. The highest BCUT2D eigenvalue weighted by atomic mass is 35.5. The van der Waals surface area contributed by atoms with E-state index in [1.54, 1.807) is 0 Å². The molecule has 0 amide bonds. The van der Waals surface area contributed by atoms with Gasteiger partial charge in [-0.25, -0.2) is 0 Å². The van der Waals surface area contributed by atoms with Gasteiger partial charge in [0.1, 0.15) is 0 Å². The van der Waals surface area contributed by atoms with E-state index >= 15 is 0 Å². The molecule has 0 bridgehead atoms. The Balaban J connectivity index is 0.000000810. The van der Waals surface area contributed by atoms with Crippen LogP contribution < -0.4 is 28.9 Å². The van der Waals surface area contributed by atoms with Crippen LogP contribution in [0.1, 0.15) is 25.7 Å². The standard InChI is InChI=1S/C6H13N3.ClH/c7-6(8)9-5-3-1-2-4-5;/h5H,1-4H2,(H4,7,8,9);1H. The summed E-state index contributed by atoms with van der Waals surface area (Å²) in [5.41, 5.74) is 10.5. The van der Waals surface area contributed by atoms with Gasteiger partial charge < -0.3 is 12.4 Å². The summed E-state index contributed by atoms with van der Waals surface area (Å²) in [5.74, 6) is 0.363. The number of hydrogen-bond acceptors (Lipinski definition) is 0. The van der Waals surface area contributed by atoms with Crippen LogP contribution in [0, 0.1) is 0 Å². The number of halogens is 1. The van der Waals surface area contributed by atoms with E-state index in [0.29, 0.717) is 12.0 Å². The van der Waals surface area contributed by atoms with Gasteiger partial charge in [-0.3, -0.25) is 16.5 Å². The van der Waals surface area contributed by atoms with Crippen LogP contribution in [-0.4, -0.2) is 12.0 Å². The van der Waals surface area contributed by atoms with Gasteiger partial charge in [0.2, 0.25) is 0 Å². The number of rotatable bonds is 1. The molecular weight excluding hydrogens is 150 g/mol. The maximum Gasteiger partial charge on any atom is 0.338 e. The van der Waals surface area contributed by atoms with Crippen molar-refractivity contribution in [1.82, 2.24) is 0 Å². The minimum Gasteiger partial charge on any atom is -1.00 e. The van der Waals surface area contributed by atoms with Crippen molar-refractivity contribution in [2.75, 3.05) is 0 Å². The first-order chi connectivity index (χ1) is 4.29. The van der Waals surface area contributed by atoms with Crippen LogP contribution in [0.4, 0.5) is 0 Å². The van der Waals surface area contributed by atoms with Crippen molar-refractivity contribution >= 4 is 5.96 Å². The van der Waals surface area contributed by atoms with Gasteiger partial charge in [0.15, 0.2) is 0 Å². The largest absolute Gasteiger partial charge is 1.00 e. The van der Waals surface area contributed by atoms with Gasteiger partial charge in [-0.1, -0.05) is 0 Å². The molecule has 1 rings (SSSR count). The van der Waals surface area contributed by atoms with Gasteiger partial charge in [-0.05, 0) is 25.7 Å². The minimum atomic E-state index is 0. The van der Waals surface area contributed by atoms with Crippen molar-refractivity contribution in [2.24, 2.45) is 11.5 Å². The summed E-state index contributed by atoms with van der Waals surface area (Å²) in [4.78, 5) is 3.01. The molecule has 0 saturated heterocycles. The molecule has 0 spiro atoms. The minimum absolute atomic E-state index is 0. The zero-order valence-corrected chi connectivity index (χ0v) is 6.69. The fourth-order valence-corrected chi connectivity index (χ4v) is 1.31. The molecule has 10 heavy (non-hydrogen) atoms. The van der Waals surface area contributed by atoms with Crippen molar-refractivity contribution in [3.05, 3.63) is 0 Å². The predicted octanol–water partition coefficient (Wildman–Crippen LogP) is -4.71. The Bertz CT molecular complexity index is 114. The van der Waals surface area contributed by atoms with E-state index in [1.165, 1.54) is 25.7 Å². The van der Waals surface area contributed by atoms with Crippen molar-refractivity contribution in [1.29, 1.82) is 0 Å². The van der Waals surface area contributed by atoms with Gasteiger partial charge in [0, 0.05) is 0 Å². The Morgan fingerprint density at radius 2 is 1.70 bits per heavy atom. The molecule has 60 valence electrons. The van der Waals surface area contributed by atoms with Crippen LogP contribution in [-0.2, 0) is 0 Å². The average molecular weight is 164 g/mol. The third kappa shape index (κ3) is 2.92. The second-order valence-electron chi connectivity index (χ2n) is 2.58. The first-order valence-corrected chi connectivity index (χ1v) is 3.43. The van der Waals surface area contributed by atoms with E-state index in [0.717, 1.165) is 0 Å². The Morgan fingerprint density at radius 1 is 1.20 bits per heavy atom. The molecule has 0 aliphatic heterocycles. The van der Waals surface area contributed by atoms with E-state index in [9.17, 15) is 0 Å². The third-order valence-electron chi connectivity index (χ3n) is 1.73. The van der Waals surface area contributed by atoms with Gasteiger partial charge in [0.05, 0.1) is 6.04 Å². The molecule has 0 aromatic carbocycles. The summed E-state index contributed by atoms with van der Waals surface area (Å²) >= 11 is 0. The van der Waals surface area contributed by atoms with Gasteiger partial charge in [0.25, 0.3) is 0 Å². The van der Waals surface area contributed by atoms with E-state index in [-0.39, 0.29) is 12.4 Å². The van der Waals surface area contributed by atoms with Crippen LogP contribution in [0.15, 0.2) is 0 Å². The maximum atomic E-state index is 5.26. The van der Waals surface area contributed by atoms with Crippen LogP contribution in [0.5, 0.6) is 0 Å². The monoisotopic (exact) mass is 163 g/mol. The lowest BCUT2D eigenvalue weighted by Crippen LogP contribution is -3.00. The summed E-state index contributed by atoms with van der Waals surface area (Å²) in [6, 6.07) is 0.551. The van der Waals surface area contributed by atoms with Gasteiger partial charge in [-0.2, -0.15) is 0 Å². The fourth-order valence-electron chi connectivity index (χ4n) is 1.31. The Labute approximate surface area is 67.3 Å². The highest BCUT2D eigenvalue weighted by Crippen LogP contribution is 2.13. The molecule has 1 fully saturated rings. The average Bonchev–Trinajstić information content (AvgIpc) is 2.15. The lowest BCUT2D eigenvalue weighted by molar-refractivity contribution is -0.502. The molecule has 3 nitrogen and oxygen atoms in total. The molecule has 0 aromatic rings. The molecule has 1 aliphatic rings. The van der Waals surface area contributed by atoms with Crippen LogP contribution in [0.2, 0.25) is 0 Å². The smallest absolute Gasteiger partial charge is 0.338 e. The molecule has 4 heteroatoms. The zero-order valence-electron chi connectivity index (χ0n) is 5.94. The SMILES string of the molecule is NC(N)=[NH+]C1CCCC1.[Cl-]. The molecule has 1 aliphatic carbocycles. The second kappa shape index (κ2) is 4.39. The predicted molar refractivity (Wildman–Crippen MR) is 36.6 cm³/mol. The van der Waals surface area contributed by atoms with Crippen molar-refractivity contribution in [2.45, 2.75) is 31.7 Å². The normalized spacial score (nSPS) is 18.0. The molecule has 0 unspecified atom stereocenters. The van der Waals surface area contributed by atoms with Crippen LogP contribution >= 0.6 is 0 Å². The second-order valence-corrected chi connectivity index (χ2v) is 2.58. The molecule has 0 aromatic heterocycles. The van der Waals surface area contributed by atoms with Crippen LogP contribution in [0.25, 0.3) is 0 Å². The van der Waals surface area contributed by atoms with Crippen LogP contribution in [0.3, 0.4) is 0 Å². The van der Waals surface area contributed by atoms with E-state index < -0.39 is 0 Å². The number of nitrogens with two attached hydrogens (primary N) is 2. The molecule has 0 radical (unpaired) electrons. The summed E-state index contributed by atoms with van der Waals surface area (Å²) < 4.78 is 0. The van der Waals surface area contributed by atoms with Gasteiger partial charge in [-0.15, -0.1) is 0 Å². The number of guanidine groups is 1. The Kier molecular flexibility index (Phi) is 4.19. The van der Waals surface area contributed by atoms with E-state index in [4.69, 9.17) is 11.5 Å².